The summed E-state index contributed by atoms with van der Waals surface area (Å²) >= 11 is 6.02. The SMILES string of the molecule is Cc1cc(C)c(C(=O)OCC(=O)Nc2ccccc2C(=O)NC2CC2)c(Cl)n1. The summed E-state index contributed by atoms with van der Waals surface area (Å²) in [5.41, 5.74) is 2.13. The predicted octanol–water partition coefficient (Wildman–Crippen LogP) is 3.04. The second kappa shape index (κ2) is 8.39. The van der Waals surface area contributed by atoms with E-state index in [1.807, 2.05) is 0 Å². The molecule has 0 aliphatic heterocycles. The number of rotatable bonds is 6. The number of pyridine rings is 1. The van der Waals surface area contributed by atoms with E-state index in [1.165, 1.54) is 0 Å². The third-order valence-electron chi connectivity index (χ3n) is 4.20. The van der Waals surface area contributed by atoms with Gasteiger partial charge in [0.2, 0.25) is 0 Å². The molecule has 1 heterocycles. The van der Waals surface area contributed by atoms with E-state index in [9.17, 15) is 14.4 Å². The number of hydrogen-bond donors (Lipinski definition) is 2. The van der Waals surface area contributed by atoms with Crippen LogP contribution in [0.1, 0.15) is 44.8 Å². The number of aromatic nitrogens is 1. The van der Waals surface area contributed by atoms with Crippen molar-refractivity contribution in [2.45, 2.75) is 32.7 Å². The zero-order valence-electron chi connectivity index (χ0n) is 15.5. The number of aryl methyl sites for hydroxylation is 2. The van der Waals surface area contributed by atoms with Gasteiger partial charge in [0.1, 0.15) is 5.15 Å². The minimum atomic E-state index is -0.732. The minimum Gasteiger partial charge on any atom is -0.452 e. The van der Waals surface area contributed by atoms with E-state index in [0.717, 1.165) is 12.8 Å². The van der Waals surface area contributed by atoms with Crippen molar-refractivity contribution in [1.29, 1.82) is 0 Å². The van der Waals surface area contributed by atoms with Crippen LogP contribution in [0.15, 0.2) is 30.3 Å². The molecule has 2 amide bonds. The average molecular weight is 402 g/mol. The number of halogens is 1. The summed E-state index contributed by atoms with van der Waals surface area (Å²) in [4.78, 5) is 40.8. The Morgan fingerprint density at radius 3 is 2.61 bits per heavy atom. The van der Waals surface area contributed by atoms with Crippen LogP contribution in [0.4, 0.5) is 5.69 Å². The van der Waals surface area contributed by atoms with Crippen LogP contribution in [-0.2, 0) is 9.53 Å². The third kappa shape index (κ3) is 4.86. The zero-order valence-corrected chi connectivity index (χ0v) is 16.3. The smallest absolute Gasteiger partial charge is 0.342 e. The summed E-state index contributed by atoms with van der Waals surface area (Å²) in [5, 5.41) is 5.51. The molecule has 0 spiro atoms. The number of benzene rings is 1. The average Bonchev–Trinajstić information content (AvgIpc) is 3.43. The molecule has 1 aliphatic rings. The van der Waals surface area contributed by atoms with E-state index < -0.39 is 18.5 Å². The number of esters is 1. The normalized spacial score (nSPS) is 13.0. The number of hydrogen-bond acceptors (Lipinski definition) is 5. The molecule has 1 aliphatic carbocycles. The van der Waals surface area contributed by atoms with Crippen LogP contribution >= 0.6 is 11.6 Å². The van der Waals surface area contributed by atoms with E-state index in [1.54, 1.807) is 44.2 Å². The molecule has 1 aromatic heterocycles. The largest absolute Gasteiger partial charge is 0.452 e. The summed E-state index contributed by atoms with van der Waals surface area (Å²) in [5.74, 6) is -1.54. The Morgan fingerprint density at radius 1 is 1.21 bits per heavy atom. The molecule has 0 bridgehead atoms. The number of anilines is 1. The van der Waals surface area contributed by atoms with Gasteiger partial charge in [-0.2, -0.15) is 0 Å². The molecule has 2 aromatic rings. The molecule has 28 heavy (non-hydrogen) atoms. The van der Waals surface area contributed by atoms with Crippen LogP contribution in [0.3, 0.4) is 0 Å². The minimum absolute atomic E-state index is 0.0324. The highest BCUT2D eigenvalue weighted by Crippen LogP contribution is 2.22. The Balaban J connectivity index is 1.62. The topological polar surface area (TPSA) is 97.4 Å². The van der Waals surface area contributed by atoms with E-state index in [2.05, 4.69) is 15.6 Å². The molecule has 2 N–H and O–H groups in total. The van der Waals surface area contributed by atoms with Crippen LogP contribution in [0, 0.1) is 13.8 Å². The van der Waals surface area contributed by atoms with Crippen molar-refractivity contribution in [3.63, 3.8) is 0 Å². The quantitative estimate of drug-likeness (QED) is 0.572. The van der Waals surface area contributed by atoms with Gasteiger partial charge in [0.05, 0.1) is 16.8 Å². The Hall–Kier alpha value is -2.93. The van der Waals surface area contributed by atoms with Gasteiger partial charge in [-0.15, -0.1) is 0 Å². The van der Waals surface area contributed by atoms with Crippen LogP contribution in [-0.4, -0.2) is 35.4 Å². The van der Waals surface area contributed by atoms with Crippen LogP contribution in [0.25, 0.3) is 0 Å². The lowest BCUT2D eigenvalue weighted by Gasteiger charge is -2.12. The number of carbonyl (C=O) groups excluding carboxylic acids is 3. The second-order valence-electron chi connectivity index (χ2n) is 6.66. The molecule has 0 atom stereocenters. The van der Waals surface area contributed by atoms with Gasteiger partial charge in [0.25, 0.3) is 11.8 Å². The molecule has 1 saturated carbocycles. The Labute approximate surface area is 167 Å². The first-order chi connectivity index (χ1) is 13.3. The molecular weight excluding hydrogens is 382 g/mol. The molecule has 0 radical (unpaired) electrons. The molecule has 1 fully saturated rings. The van der Waals surface area contributed by atoms with Crippen molar-refractivity contribution in [2.75, 3.05) is 11.9 Å². The van der Waals surface area contributed by atoms with Crippen molar-refractivity contribution in [3.8, 4) is 0 Å². The van der Waals surface area contributed by atoms with E-state index in [0.29, 0.717) is 22.5 Å². The van der Waals surface area contributed by atoms with Crippen molar-refractivity contribution >= 4 is 35.1 Å². The number of nitrogens with one attached hydrogen (secondary N) is 2. The predicted molar refractivity (Wildman–Crippen MR) is 105 cm³/mol. The number of carbonyl (C=O) groups is 3. The first-order valence-electron chi connectivity index (χ1n) is 8.85. The molecule has 0 unspecified atom stereocenters. The van der Waals surface area contributed by atoms with E-state index >= 15 is 0 Å². The summed E-state index contributed by atoms with van der Waals surface area (Å²) in [6.45, 7) is 2.96. The van der Waals surface area contributed by atoms with Gasteiger partial charge in [-0.1, -0.05) is 23.7 Å². The Kier molecular flexibility index (Phi) is 5.94. The Bertz CT molecular complexity index is 918. The summed E-state index contributed by atoms with van der Waals surface area (Å²) < 4.78 is 5.06. The van der Waals surface area contributed by atoms with Gasteiger partial charge < -0.3 is 15.4 Å². The lowest BCUT2D eigenvalue weighted by Crippen LogP contribution is -2.28. The van der Waals surface area contributed by atoms with Gasteiger partial charge in [-0.3, -0.25) is 9.59 Å². The maximum atomic E-state index is 12.3. The Morgan fingerprint density at radius 2 is 1.93 bits per heavy atom. The first-order valence-corrected chi connectivity index (χ1v) is 9.23. The van der Waals surface area contributed by atoms with Crippen molar-refractivity contribution in [3.05, 3.63) is 57.9 Å². The second-order valence-corrected chi connectivity index (χ2v) is 7.02. The summed E-state index contributed by atoms with van der Waals surface area (Å²) in [6.07, 6.45) is 1.93. The fourth-order valence-corrected chi connectivity index (χ4v) is 3.07. The molecule has 1 aromatic carbocycles. The summed E-state index contributed by atoms with van der Waals surface area (Å²) in [7, 11) is 0. The standard InChI is InChI=1S/C20H20ClN3O4/c1-11-9-12(2)22-18(21)17(11)20(27)28-10-16(25)24-15-6-4-3-5-14(15)19(26)23-13-7-8-13/h3-6,9,13H,7-8,10H2,1-2H3,(H,23,26)(H,24,25). The first kappa shape index (κ1) is 19.8. The van der Waals surface area contributed by atoms with Crippen LogP contribution in [0.5, 0.6) is 0 Å². The molecule has 3 rings (SSSR count). The number of ether oxygens (including phenoxy) is 1. The van der Waals surface area contributed by atoms with Crippen LogP contribution in [0.2, 0.25) is 5.15 Å². The van der Waals surface area contributed by atoms with Crippen molar-refractivity contribution < 1.29 is 19.1 Å². The van der Waals surface area contributed by atoms with E-state index in [4.69, 9.17) is 16.3 Å². The molecular formula is C20H20ClN3O4. The van der Waals surface area contributed by atoms with Crippen molar-refractivity contribution in [1.82, 2.24) is 10.3 Å². The van der Waals surface area contributed by atoms with Crippen LogP contribution < -0.4 is 10.6 Å². The highest BCUT2D eigenvalue weighted by Gasteiger charge is 2.25. The third-order valence-corrected chi connectivity index (χ3v) is 4.47. The lowest BCUT2D eigenvalue weighted by atomic mass is 10.1. The zero-order chi connectivity index (χ0) is 20.3. The fraction of sp³-hybridized carbons (Fsp3) is 0.300. The maximum absolute atomic E-state index is 12.3. The van der Waals surface area contributed by atoms with Gasteiger partial charge in [-0.25, -0.2) is 9.78 Å². The molecule has 0 saturated heterocycles. The highest BCUT2D eigenvalue weighted by molar-refractivity contribution is 6.32. The molecule has 146 valence electrons. The van der Waals surface area contributed by atoms with E-state index in [-0.39, 0.29) is 22.7 Å². The van der Waals surface area contributed by atoms with Gasteiger partial charge in [0, 0.05) is 11.7 Å². The highest BCUT2D eigenvalue weighted by atomic mass is 35.5. The maximum Gasteiger partial charge on any atom is 0.342 e. The molecule has 7 nitrogen and oxygen atoms in total. The van der Waals surface area contributed by atoms with Gasteiger partial charge in [-0.05, 0) is 50.5 Å². The number of amides is 2. The number of para-hydroxylation sites is 1. The van der Waals surface area contributed by atoms with Gasteiger partial charge >= 0.3 is 5.97 Å². The fourth-order valence-electron chi connectivity index (χ4n) is 2.71. The van der Waals surface area contributed by atoms with Crippen molar-refractivity contribution in [2.24, 2.45) is 0 Å². The number of nitrogens with zero attached hydrogens (tertiary/aromatic N) is 1. The van der Waals surface area contributed by atoms with Gasteiger partial charge in [0.15, 0.2) is 6.61 Å². The monoisotopic (exact) mass is 401 g/mol. The lowest BCUT2D eigenvalue weighted by molar-refractivity contribution is -0.119. The summed E-state index contributed by atoms with van der Waals surface area (Å²) in [6, 6.07) is 8.57. The molecule has 8 heteroatoms.